The minimum Gasteiger partial charge on any atom is -0.422 e. The maximum Gasteiger partial charge on any atom is 0.345 e. The molecule has 0 fully saturated rings. The quantitative estimate of drug-likeness (QED) is 0.397. The van der Waals surface area contributed by atoms with Crippen LogP contribution < -0.4 is 10.5 Å². The highest BCUT2D eigenvalue weighted by Crippen LogP contribution is 2.21. The second-order valence-electron chi connectivity index (χ2n) is 4.13. The summed E-state index contributed by atoms with van der Waals surface area (Å²) in [5.74, 6) is 0. The van der Waals surface area contributed by atoms with Crippen molar-refractivity contribution in [2.45, 2.75) is 13.8 Å². The largest absolute Gasteiger partial charge is 0.422 e. The maximum atomic E-state index is 11.7. The average Bonchev–Trinajstić information content (AvgIpc) is 2.41. The van der Waals surface area contributed by atoms with Crippen molar-refractivity contribution in [3.8, 4) is 0 Å². The Morgan fingerprint density at radius 1 is 1.32 bits per heavy atom. The smallest absolute Gasteiger partial charge is 0.345 e. The summed E-state index contributed by atoms with van der Waals surface area (Å²) in [5, 5.41) is 12.1. The van der Waals surface area contributed by atoms with Crippen LogP contribution in [0, 0.1) is 0 Å². The fraction of sp³-hybridized carbons (Fsp3) is 0.286. The van der Waals surface area contributed by atoms with Crippen LogP contribution in [0.3, 0.4) is 0 Å². The van der Waals surface area contributed by atoms with Crippen molar-refractivity contribution >= 4 is 22.9 Å². The van der Waals surface area contributed by atoms with Crippen molar-refractivity contribution in [1.82, 2.24) is 0 Å². The predicted octanol–water partition coefficient (Wildman–Crippen LogP) is 2.45. The normalized spacial score (nSPS) is 11.3. The molecule has 1 heterocycles. The Hall–Kier alpha value is -2.30. The summed E-state index contributed by atoms with van der Waals surface area (Å²) in [7, 11) is 0. The van der Waals surface area contributed by atoms with Gasteiger partial charge in [-0.25, -0.2) is 4.79 Å². The Balaban J connectivity index is 2.56. The third-order valence-corrected chi connectivity index (χ3v) is 3.07. The van der Waals surface area contributed by atoms with Gasteiger partial charge in [0, 0.05) is 30.2 Å². The molecular weight excluding hydrogens is 244 g/mol. The summed E-state index contributed by atoms with van der Waals surface area (Å²) in [4.78, 5) is 13.8. The Kier molecular flexibility index (Phi) is 3.85. The van der Waals surface area contributed by atoms with Crippen LogP contribution in [0.2, 0.25) is 0 Å². The number of fused-ring (bicyclic) bond motifs is 1. The van der Waals surface area contributed by atoms with Gasteiger partial charge >= 0.3 is 5.63 Å². The van der Waals surface area contributed by atoms with Crippen molar-refractivity contribution < 1.29 is 9.62 Å². The number of nitrogens with zero attached hydrogens (tertiary/aromatic N) is 2. The van der Waals surface area contributed by atoms with Crippen LogP contribution in [0.1, 0.15) is 19.4 Å². The minimum absolute atomic E-state index is 0.227. The number of benzene rings is 1. The molecule has 1 aromatic carbocycles. The molecule has 0 aliphatic carbocycles. The van der Waals surface area contributed by atoms with Crippen molar-refractivity contribution in [3.05, 3.63) is 40.2 Å². The van der Waals surface area contributed by atoms with Crippen LogP contribution in [0.15, 0.2) is 38.6 Å². The molecule has 0 amide bonds. The molecule has 100 valence electrons. The maximum absolute atomic E-state index is 11.7. The van der Waals surface area contributed by atoms with Gasteiger partial charge in [0.15, 0.2) is 0 Å². The summed E-state index contributed by atoms with van der Waals surface area (Å²) in [6.45, 7) is 5.93. The van der Waals surface area contributed by atoms with Crippen molar-refractivity contribution in [3.63, 3.8) is 0 Å². The second kappa shape index (κ2) is 5.56. The van der Waals surface area contributed by atoms with Gasteiger partial charge in [-0.05, 0) is 32.0 Å². The van der Waals surface area contributed by atoms with E-state index in [1.807, 2.05) is 18.2 Å². The molecule has 0 bridgehead atoms. The van der Waals surface area contributed by atoms with E-state index in [-0.39, 0.29) is 5.56 Å². The first-order valence-electron chi connectivity index (χ1n) is 6.19. The van der Waals surface area contributed by atoms with E-state index in [0.717, 1.165) is 30.4 Å². The number of anilines is 1. The lowest BCUT2D eigenvalue weighted by Gasteiger charge is -2.20. The minimum atomic E-state index is -0.512. The molecule has 0 saturated heterocycles. The first-order chi connectivity index (χ1) is 9.19. The van der Waals surface area contributed by atoms with Crippen molar-refractivity contribution in [2.75, 3.05) is 18.0 Å². The molecule has 5 nitrogen and oxygen atoms in total. The van der Waals surface area contributed by atoms with Crippen LogP contribution in [0.5, 0.6) is 0 Å². The van der Waals surface area contributed by atoms with E-state index in [1.165, 1.54) is 0 Å². The molecule has 5 heteroatoms. The lowest BCUT2D eigenvalue weighted by Crippen LogP contribution is -2.21. The molecule has 0 aliphatic rings. The summed E-state index contributed by atoms with van der Waals surface area (Å²) in [6, 6.07) is 7.37. The van der Waals surface area contributed by atoms with Crippen LogP contribution >= 0.6 is 0 Å². The first kappa shape index (κ1) is 13.1. The molecule has 0 spiro atoms. The SMILES string of the molecule is CCN(CC)c1ccc2cc(/C=N\O)c(=O)oc2c1. The zero-order valence-electron chi connectivity index (χ0n) is 11.0. The third kappa shape index (κ3) is 2.59. The van der Waals surface area contributed by atoms with Crippen molar-refractivity contribution in [2.24, 2.45) is 5.16 Å². The van der Waals surface area contributed by atoms with E-state index >= 15 is 0 Å². The molecular formula is C14H16N2O3. The van der Waals surface area contributed by atoms with E-state index in [0.29, 0.717) is 5.58 Å². The molecule has 1 aromatic heterocycles. The summed E-state index contributed by atoms with van der Waals surface area (Å²) in [6.07, 6.45) is 1.07. The van der Waals surface area contributed by atoms with Crippen LogP contribution in [-0.2, 0) is 0 Å². The highest BCUT2D eigenvalue weighted by atomic mass is 16.4. The van der Waals surface area contributed by atoms with E-state index in [9.17, 15) is 4.79 Å². The Morgan fingerprint density at radius 3 is 2.68 bits per heavy atom. The van der Waals surface area contributed by atoms with Crippen LogP contribution in [0.4, 0.5) is 5.69 Å². The predicted molar refractivity (Wildman–Crippen MR) is 75.4 cm³/mol. The van der Waals surface area contributed by atoms with Gasteiger partial charge in [-0.3, -0.25) is 0 Å². The van der Waals surface area contributed by atoms with Gasteiger partial charge in [0.25, 0.3) is 0 Å². The first-order valence-corrected chi connectivity index (χ1v) is 6.19. The fourth-order valence-electron chi connectivity index (χ4n) is 2.05. The summed E-state index contributed by atoms with van der Waals surface area (Å²) in [5.41, 5.74) is 1.27. The molecule has 2 aromatic rings. The standard InChI is InChI=1S/C14H16N2O3/c1-3-16(4-2)12-6-5-10-7-11(9-15-18)14(17)19-13(10)8-12/h5-9,18H,3-4H2,1-2H3/b15-9-. The molecule has 0 saturated carbocycles. The van der Waals surface area contributed by atoms with Gasteiger partial charge < -0.3 is 14.5 Å². The van der Waals surface area contributed by atoms with E-state index in [1.54, 1.807) is 6.07 Å². The van der Waals surface area contributed by atoms with Gasteiger partial charge in [0.1, 0.15) is 5.58 Å². The average molecular weight is 260 g/mol. The Bertz CT molecular complexity index is 657. The van der Waals surface area contributed by atoms with Gasteiger partial charge in [0.2, 0.25) is 0 Å². The molecule has 1 N–H and O–H groups in total. The highest BCUT2D eigenvalue weighted by molar-refractivity contribution is 5.87. The van der Waals surface area contributed by atoms with E-state index in [2.05, 4.69) is 23.9 Å². The van der Waals surface area contributed by atoms with E-state index in [4.69, 9.17) is 9.62 Å². The molecule has 2 rings (SSSR count). The van der Waals surface area contributed by atoms with Crippen LogP contribution in [-0.4, -0.2) is 24.5 Å². The molecule has 0 unspecified atom stereocenters. The topological polar surface area (TPSA) is 66.0 Å². The second-order valence-corrected chi connectivity index (χ2v) is 4.13. The Labute approximate surface area is 110 Å². The number of hydrogen-bond acceptors (Lipinski definition) is 5. The molecule has 0 atom stereocenters. The summed E-state index contributed by atoms with van der Waals surface area (Å²) >= 11 is 0. The van der Waals surface area contributed by atoms with Crippen LogP contribution in [0.25, 0.3) is 11.0 Å². The van der Waals surface area contributed by atoms with Gasteiger partial charge in [-0.2, -0.15) is 0 Å². The number of rotatable bonds is 4. The monoisotopic (exact) mass is 260 g/mol. The highest BCUT2D eigenvalue weighted by Gasteiger charge is 2.07. The lowest BCUT2D eigenvalue weighted by molar-refractivity contribution is 0.321. The van der Waals surface area contributed by atoms with Gasteiger partial charge in [-0.1, -0.05) is 5.16 Å². The van der Waals surface area contributed by atoms with Crippen molar-refractivity contribution in [1.29, 1.82) is 0 Å². The number of hydrogen-bond donors (Lipinski definition) is 1. The fourth-order valence-corrected chi connectivity index (χ4v) is 2.05. The molecule has 19 heavy (non-hydrogen) atoms. The number of oxime groups is 1. The molecule has 0 radical (unpaired) electrons. The van der Waals surface area contributed by atoms with E-state index < -0.39 is 5.63 Å². The lowest BCUT2D eigenvalue weighted by atomic mass is 10.1. The summed E-state index contributed by atoms with van der Waals surface area (Å²) < 4.78 is 5.24. The third-order valence-electron chi connectivity index (χ3n) is 3.07. The Morgan fingerprint density at radius 2 is 2.05 bits per heavy atom. The zero-order chi connectivity index (χ0) is 13.8. The molecule has 0 aliphatic heterocycles. The van der Waals surface area contributed by atoms with Gasteiger partial charge in [-0.15, -0.1) is 0 Å². The zero-order valence-corrected chi connectivity index (χ0v) is 11.0. The van der Waals surface area contributed by atoms with Gasteiger partial charge in [0.05, 0.1) is 11.8 Å².